The molecule has 1 aliphatic carbocycles. The highest BCUT2D eigenvalue weighted by molar-refractivity contribution is 6.30. The summed E-state index contributed by atoms with van der Waals surface area (Å²) in [5.74, 6) is -0.142. The summed E-state index contributed by atoms with van der Waals surface area (Å²) in [6.07, 6.45) is 2.16. The van der Waals surface area contributed by atoms with Gasteiger partial charge in [0.1, 0.15) is 0 Å². The number of anilines is 1. The second-order valence-electron chi connectivity index (χ2n) is 6.75. The molecule has 0 saturated heterocycles. The molecule has 7 heteroatoms. The van der Waals surface area contributed by atoms with Gasteiger partial charge in [0.05, 0.1) is 6.42 Å². The zero-order valence-electron chi connectivity index (χ0n) is 15.3. The molecule has 1 saturated carbocycles. The van der Waals surface area contributed by atoms with Crippen molar-refractivity contribution in [2.75, 3.05) is 18.4 Å². The van der Waals surface area contributed by atoms with Crippen molar-refractivity contribution in [3.8, 4) is 0 Å². The Bertz CT molecular complexity index is 846. The van der Waals surface area contributed by atoms with Crippen LogP contribution < -0.4 is 16.0 Å². The van der Waals surface area contributed by atoms with Crippen LogP contribution in [0.4, 0.5) is 5.69 Å². The lowest BCUT2D eigenvalue weighted by molar-refractivity contribution is -0.122. The predicted octanol–water partition coefficient (Wildman–Crippen LogP) is 2.78. The fraction of sp³-hybridized carbons (Fsp3) is 0.286. The van der Waals surface area contributed by atoms with Crippen LogP contribution in [0.2, 0.25) is 5.02 Å². The highest BCUT2D eigenvalue weighted by Crippen LogP contribution is 2.28. The molecule has 1 aliphatic rings. The Labute approximate surface area is 168 Å². The second kappa shape index (κ2) is 9.37. The molecule has 0 atom stereocenters. The maximum Gasteiger partial charge on any atom is 0.251 e. The quantitative estimate of drug-likeness (QED) is 0.596. The molecule has 3 N–H and O–H groups in total. The first-order valence-corrected chi connectivity index (χ1v) is 9.59. The van der Waals surface area contributed by atoms with Gasteiger partial charge in [-0.2, -0.15) is 0 Å². The SMILES string of the molecule is O=C(Cc1ccc(Cl)cc1)Nc1ccc(C(=O)NCCNC(=O)C2CC2)cc1. The molecule has 0 unspecified atom stereocenters. The second-order valence-corrected chi connectivity index (χ2v) is 7.19. The number of carbonyl (C=O) groups is 3. The standard InChI is InChI=1S/C21H22ClN3O3/c22-17-7-1-14(2-8-17)13-19(26)25-18-9-5-16(6-10-18)21(28)24-12-11-23-20(27)15-3-4-15/h1-2,5-10,15H,3-4,11-13H2,(H,23,27)(H,24,28)(H,25,26). The fourth-order valence-corrected chi connectivity index (χ4v) is 2.78. The maximum atomic E-state index is 12.1. The molecular weight excluding hydrogens is 378 g/mol. The number of hydrogen-bond donors (Lipinski definition) is 3. The molecule has 3 rings (SSSR count). The lowest BCUT2D eigenvalue weighted by atomic mass is 10.1. The monoisotopic (exact) mass is 399 g/mol. The third-order valence-corrected chi connectivity index (χ3v) is 4.62. The zero-order chi connectivity index (χ0) is 19.9. The van der Waals surface area contributed by atoms with Gasteiger partial charge in [-0.3, -0.25) is 14.4 Å². The van der Waals surface area contributed by atoms with E-state index in [-0.39, 0.29) is 30.1 Å². The van der Waals surface area contributed by atoms with E-state index in [2.05, 4.69) is 16.0 Å². The van der Waals surface area contributed by atoms with Gasteiger partial charge >= 0.3 is 0 Å². The van der Waals surface area contributed by atoms with Crippen molar-refractivity contribution in [1.82, 2.24) is 10.6 Å². The van der Waals surface area contributed by atoms with Crippen LogP contribution in [-0.4, -0.2) is 30.8 Å². The lowest BCUT2D eigenvalue weighted by Gasteiger charge is -2.08. The van der Waals surface area contributed by atoms with Gasteiger partial charge in [0.15, 0.2) is 0 Å². The van der Waals surface area contributed by atoms with Crippen LogP contribution in [0.15, 0.2) is 48.5 Å². The largest absolute Gasteiger partial charge is 0.354 e. The summed E-state index contributed by atoms with van der Waals surface area (Å²) in [7, 11) is 0. The van der Waals surface area contributed by atoms with E-state index in [0.29, 0.717) is 29.4 Å². The summed E-state index contributed by atoms with van der Waals surface area (Å²) in [6.45, 7) is 0.788. The highest BCUT2D eigenvalue weighted by atomic mass is 35.5. The average molecular weight is 400 g/mol. The molecule has 0 bridgehead atoms. The zero-order valence-corrected chi connectivity index (χ0v) is 16.1. The minimum absolute atomic E-state index is 0.0629. The van der Waals surface area contributed by atoms with Crippen molar-refractivity contribution in [3.05, 3.63) is 64.7 Å². The van der Waals surface area contributed by atoms with Gasteiger partial charge in [-0.25, -0.2) is 0 Å². The number of rotatable bonds is 8. The summed E-state index contributed by atoms with van der Waals surface area (Å²) in [4.78, 5) is 35.7. The number of benzene rings is 2. The average Bonchev–Trinajstić information content (AvgIpc) is 3.52. The Balaban J connectivity index is 1.41. The first kappa shape index (κ1) is 19.9. The third-order valence-electron chi connectivity index (χ3n) is 4.37. The molecule has 0 heterocycles. The molecule has 2 aromatic rings. The van der Waals surface area contributed by atoms with Gasteiger partial charge < -0.3 is 16.0 Å². The molecule has 0 radical (unpaired) electrons. The van der Waals surface area contributed by atoms with Crippen LogP contribution >= 0.6 is 11.6 Å². The molecule has 6 nitrogen and oxygen atoms in total. The predicted molar refractivity (Wildman–Crippen MR) is 108 cm³/mol. The highest BCUT2D eigenvalue weighted by Gasteiger charge is 2.28. The summed E-state index contributed by atoms with van der Waals surface area (Å²) in [5.41, 5.74) is 1.98. The van der Waals surface area contributed by atoms with E-state index < -0.39 is 0 Å². The van der Waals surface area contributed by atoms with Crippen molar-refractivity contribution >= 4 is 35.0 Å². The minimum Gasteiger partial charge on any atom is -0.354 e. The molecule has 2 aromatic carbocycles. The molecule has 146 valence electrons. The van der Waals surface area contributed by atoms with Crippen molar-refractivity contribution in [2.24, 2.45) is 5.92 Å². The number of amides is 3. The summed E-state index contributed by atoms with van der Waals surface area (Å²) < 4.78 is 0. The van der Waals surface area contributed by atoms with E-state index in [4.69, 9.17) is 11.6 Å². The normalized spacial score (nSPS) is 12.9. The van der Waals surface area contributed by atoms with Gasteiger partial charge in [-0.15, -0.1) is 0 Å². The van der Waals surface area contributed by atoms with Gasteiger partial charge in [-0.1, -0.05) is 23.7 Å². The van der Waals surface area contributed by atoms with Crippen LogP contribution in [-0.2, 0) is 16.0 Å². The smallest absolute Gasteiger partial charge is 0.251 e. The van der Waals surface area contributed by atoms with Crippen molar-refractivity contribution in [2.45, 2.75) is 19.3 Å². The van der Waals surface area contributed by atoms with E-state index in [1.807, 2.05) is 12.1 Å². The Morgan fingerprint density at radius 1 is 0.893 bits per heavy atom. The Kier molecular flexibility index (Phi) is 6.66. The minimum atomic E-state index is -0.222. The Morgan fingerprint density at radius 2 is 1.54 bits per heavy atom. The lowest BCUT2D eigenvalue weighted by Crippen LogP contribution is -2.35. The van der Waals surface area contributed by atoms with Crippen molar-refractivity contribution in [3.63, 3.8) is 0 Å². The molecule has 3 amide bonds. The number of carbonyl (C=O) groups excluding carboxylic acids is 3. The number of hydrogen-bond acceptors (Lipinski definition) is 3. The van der Waals surface area contributed by atoms with Crippen LogP contribution in [0.25, 0.3) is 0 Å². The van der Waals surface area contributed by atoms with Crippen LogP contribution in [0.5, 0.6) is 0 Å². The summed E-state index contributed by atoms with van der Waals surface area (Å²) in [5, 5.41) is 8.99. The van der Waals surface area contributed by atoms with Gasteiger partial charge in [0, 0.05) is 35.3 Å². The van der Waals surface area contributed by atoms with Crippen molar-refractivity contribution < 1.29 is 14.4 Å². The maximum absolute atomic E-state index is 12.1. The topological polar surface area (TPSA) is 87.3 Å². The third kappa shape index (κ3) is 6.09. The molecule has 1 fully saturated rings. The summed E-state index contributed by atoms with van der Waals surface area (Å²) >= 11 is 5.84. The first-order valence-electron chi connectivity index (χ1n) is 9.21. The number of nitrogens with one attached hydrogen (secondary N) is 3. The van der Waals surface area contributed by atoms with Gasteiger partial charge in [-0.05, 0) is 54.8 Å². The van der Waals surface area contributed by atoms with E-state index in [1.54, 1.807) is 36.4 Å². The van der Waals surface area contributed by atoms with E-state index >= 15 is 0 Å². The van der Waals surface area contributed by atoms with Gasteiger partial charge in [0.25, 0.3) is 5.91 Å². The Hall–Kier alpha value is -2.86. The number of halogens is 1. The molecule has 0 spiro atoms. The van der Waals surface area contributed by atoms with E-state index in [1.165, 1.54) is 0 Å². The van der Waals surface area contributed by atoms with Crippen LogP contribution in [0, 0.1) is 5.92 Å². The fourth-order valence-electron chi connectivity index (χ4n) is 2.65. The Morgan fingerprint density at radius 3 is 2.18 bits per heavy atom. The molecule has 0 aliphatic heterocycles. The van der Waals surface area contributed by atoms with Gasteiger partial charge in [0.2, 0.25) is 11.8 Å². The van der Waals surface area contributed by atoms with E-state index in [0.717, 1.165) is 18.4 Å². The molecular formula is C21H22ClN3O3. The van der Waals surface area contributed by atoms with Crippen LogP contribution in [0.1, 0.15) is 28.8 Å². The summed E-state index contributed by atoms with van der Waals surface area (Å²) in [6, 6.07) is 13.8. The van der Waals surface area contributed by atoms with Crippen molar-refractivity contribution in [1.29, 1.82) is 0 Å². The van der Waals surface area contributed by atoms with E-state index in [9.17, 15) is 14.4 Å². The molecule has 28 heavy (non-hydrogen) atoms. The molecule has 0 aromatic heterocycles. The first-order chi connectivity index (χ1) is 13.5. The van der Waals surface area contributed by atoms with Crippen LogP contribution in [0.3, 0.4) is 0 Å².